The van der Waals surface area contributed by atoms with Crippen LogP contribution >= 0.6 is 0 Å². The molecule has 82 valence electrons. The summed E-state index contributed by atoms with van der Waals surface area (Å²) < 4.78 is 10.0. The standard InChI is InChI=1S/C6H14O.C5H12O/c1-5-6(2,3)7-4;1-5(2,3)6-4/h5H2,1-4H3;1-4H3. The van der Waals surface area contributed by atoms with Crippen molar-refractivity contribution in [2.75, 3.05) is 14.2 Å². The third-order valence-electron chi connectivity index (χ3n) is 2.02. The lowest BCUT2D eigenvalue weighted by Gasteiger charge is -2.19. The van der Waals surface area contributed by atoms with Crippen LogP contribution in [0, 0.1) is 0 Å². The van der Waals surface area contributed by atoms with Crippen LogP contribution in [0.2, 0.25) is 0 Å². The van der Waals surface area contributed by atoms with Crippen molar-refractivity contribution in [2.45, 2.75) is 59.2 Å². The van der Waals surface area contributed by atoms with Gasteiger partial charge >= 0.3 is 0 Å². The van der Waals surface area contributed by atoms with E-state index in [9.17, 15) is 0 Å². The lowest BCUT2D eigenvalue weighted by Crippen LogP contribution is -2.20. The van der Waals surface area contributed by atoms with Gasteiger partial charge < -0.3 is 9.47 Å². The Bertz CT molecular complexity index is 106. The van der Waals surface area contributed by atoms with Crippen LogP contribution in [0.25, 0.3) is 0 Å². The molecule has 0 N–H and O–H groups in total. The summed E-state index contributed by atoms with van der Waals surface area (Å²) in [6, 6.07) is 0. The smallest absolute Gasteiger partial charge is 0.0620 e. The predicted molar refractivity (Wildman–Crippen MR) is 58.1 cm³/mol. The molecule has 0 aliphatic carbocycles. The average molecular weight is 190 g/mol. The van der Waals surface area contributed by atoms with Crippen LogP contribution in [0.1, 0.15) is 48.0 Å². The van der Waals surface area contributed by atoms with E-state index in [2.05, 4.69) is 20.8 Å². The minimum atomic E-state index is 0.0417. The van der Waals surface area contributed by atoms with E-state index in [1.54, 1.807) is 14.2 Å². The van der Waals surface area contributed by atoms with E-state index in [1.165, 1.54) is 0 Å². The maximum absolute atomic E-state index is 5.09. The Morgan fingerprint density at radius 2 is 1.15 bits per heavy atom. The summed E-state index contributed by atoms with van der Waals surface area (Å²) >= 11 is 0. The summed E-state index contributed by atoms with van der Waals surface area (Å²) in [6.45, 7) is 12.3. The van der Waals surface area contributed by atoms with E-state index >= 15 is 0 Å². The summed E-state index contributed by atoms with van der Waals surface area (Å²) in [7, 11) is 3.45. The summed E-state index contributed by atoms with van der Waals surface area (Å²) in [6.07, 6.45) is 1.07. The Hall–Kier alpha value is -0.0800. The van der Waals surface area contributed by atoms with Crippen LogP contribution in [0.15, 0.2) is 0 Å². The first-order valence-corrected chi connectivity index (χ1v) is 4.79. The molecular weight excluding hydrogens is 164 g/mol. The fraction of sp³-hybridized carbons (Fsp3) is 1.00. The van der Waals surface area contributed by atoms with Gasteiger partial charge in [-0.3, -0.25) is 0 Å². The first-order valence-electron chi connectivity index (χ1n) is 4.79. The van der Waals surface area contributed by atoms with Gasteiger partial charge in [0.05, 0.1) is 11.2 Å². The van der Waals surface area contributed by atoms with E-state index in [4.69, 9.17) is 9.47 Å². The zero-order chi connectivity index (χ0) is 11.1. The van der Waals surface area contributed by atoms with E-state index < -0.39 is 0 Å². The highest BCUT2D eigenvalue weighted by atomic mass is 16.5. The summed E-state index contributed by atoms with van der Waals surface area (Å²) in [4.78, 5) is 0. The van der Waals surface area contributed by atoms with Crippen molar-refractivity contribution >= 4 is 0 Å². The quantitative estimate of drug-likeness (QED) is 0.665. The van der Waals surface area contributed by atoms with E-state index in [0.717, 1.165) is 6.42 Å². The third kappa shape index (κ3) is 14.7. The fourth-order valence-corrected chi connectivity index (χ4v) is 0.144. The van der Waals surface area contributed by atoms with Crippen molar-refractivity contribution in [2.24, 2.45) is 0 Å². The van der Waals surface area contributed by atoms with Crippen molar-refractivity contribution in [1.29, 1.82) is 0 Å². The Labute approximate surface area is 83.6 Å². The molecule has 0 bridgehead atoms. The zero-order valence-electron chi connectivity index (χ0n) is 10.5. The molecule has 0 saturated heterocycles. The molecule has 0 radical (unpaired) electrons. The number of hydrogen-bond acceptors (Lipinski definition) is 2. The van der Waals surface area contributed by atoms with E-state index in [0.29, 0.717) is 0 Å². The lowest BCUT2D eigenvalue weighted by atomic mass is 10.1. The zero-order valence-corrected chi connectivity index (χ0v) is 10.5. The Kier molecular flexibility index (Phi) is 7.56. The van der Waals surface area contributed by atoms with Gasteiger partial charge in [0.25, 0.3) is 0 Å². The molecule has 0 spiro atoms. The molecule has 0 unspecified atom stereocenters. The van der Waals surface area contributed by atoms with E-state index in [-0.39, 0.29) is 11.2 Å². The third-order valence-corrected chi connectivity index (χ3v) is 2.02. The molecule has 0 atom stereocenters. The van der Waals surface area contributed by atoms with Gasteiger partial charge in [0.1, 0.15) is 0 Å². The van der Waals surface area contributed by atoms with Gasteiger partial charge in [-0.2, -0.15) is 0 Å². The number of ether oxygens (including phenoxy) is 2. The molecule has 0 rings (SSSR count). The molecule has 2 heteroatoms. The van der Waals surface area contributed by atoms with Crippen LogP contribution in [-0.4, -0.2) is 25.4 Å². The minimum Gasteiger partial charge on any atom is -0.379 e. The second-order valence-electron chi connectivity index (χ2n) is 4.63. The highest BCUT2D eigenvalue weighted by Gasteiger charge is 2.10. The fourth-order valence-electron chi connectivity index (χ4n) is 0.144. The second kappa shape index (κ2) is 6.39. The van der Waals surface area contributed by atoms with Crippen LogP contribution < -0.4 is 0 Å². The molecule has 0 aromatic heterocycles. The molecule has 0 aromatic carbocycles. The van der Waals surface area contributed by atoms with Crippen molar-refractivity contribution in [1.82, 2.24) is 0 Å². The maximum Gasteiger partial charge on any atom is 0.0620 e. The minimum absolute atomic E-state index is 0.0417. The van der Waals surface area contributed by atoms with Gasteiger partial charge in [0.2, 0.25) is 0 Å². The van der Waals surface area contributed by atoms with Crippen LogP contribution in [0.3, 0.4) is 0 Å². The molecule has 0 heterocycles. The van der Waals surface area contributed by atoms with Gasteiger partial charge in [0.15, 0.2) is 0 Å². The molecular formula is C11H26O2. The topological polar surface area (TPSA) is 18.5 Å². The Morgan fingerprint density at radius 1 is 0.846 bits per heavy atom. The van der Waals surface area contributed by atoms with Gasteiger partial charge in [-0.25, -0.2) is 0 Å². The molecule has 0 amide bonds. The molecule has 0 aromatic rings. The number of rotatable bonds is 2. The van der Waals surface area contributed by atoms with Crippen LogP contribution in [-0.2, 0) is 9.47 Å². The first-order chi connectivity index (χ1) is 5.68. The van der Waals surface area contributed by atoms with Crippen LogP contribution in [0.5, 0.6) is 0 Å². The highest BCUT2D eigenvalue weighted by molar-refractivity contribution is 4.62. The van der Waals surface area contributed by atoms with Crippen molar-refractivity contribution < 1.29 is 9.47 Å². The molecule has 0 fully saturated rings. The Balaban J connectivity index is 0. The molecule has 2 nitrogen and oxygen atoms in total. The van der Waals surface area contributed by atoms with E-state index in [1.807, 2.05) is 20.8 Å². The second-order valence-corrected chi connectivity index (χ2v) is 4.63. The predicted octanol–water partition coefficient (Wildman–Crippen LogP) is 3.25. The van der Waals surface area contributed by atoms with Gasteiger partial charge in [-0.05, 0) is 41.0 Å². The average Bonchev–Trinajstić information content (AvgIpc) is 2.04. The molecule has 0 saturated carbocycles. The first kappa shape index (κ1) is 15.4. The SMILES string of the molecule is CCC(C)(C)OC.COC(C)(C)C. The summed E-state index contributed by atoms with van der Waals surface area (Å²) in [5.41, 5.74) is 0.125. The number of methoxy groups -OCH3 is 2. The highest BCUT2D eigenvalue weighted by Crippen LogP contribution is 2.10. The maximum atomic E-state index is 5.09. The lowest BCUT2D eigenvalue weighted by molar-refractivity contribution is 0.0196. The van der Waals surface area contributed by atoms with Crippen LogP contribution in [0.4, 0.5) is 0 Å². The number of hydrogen-bond donors (Lipinski definition) is 0. The van der Waals surface area contributed by atoms with Gasteiger partial charge in [0, 0.05) is 14.2 Å². The molecule has 0 aliphatic rings. The largest absolute Gasteiger partial charge is 0.379 e. The Morgan fingerprint density at radius 3 is 1.15 bits per heavy atom. The van der Waals surface area contributed by atoms with Crippen molar-refractivity contribution in [3.8, 4) is 0 Å². The van der Waals surface area contributed by atoms with Crippen molar-refractivity contribution in [3.63, 3.8) is 0 Å². The molecule has 0 aliphatic heterocycles. The monoisotopic (exact) mass is 190 g/mol. The van der Waals surface area contributed by atoms with Gasteiger partial charge in [-0.1, -0.05) is 6.92 Å². The van der Waals surface area contributed by atoms with Crippen molar-refractivity contribution in [3.05, 3.63) is 0 Å². The summed E-state index contributed by atoms with van der Waals surface area (Å²) in [5.74, 6) is 0. The van der Waals surface area contributed by atoms with Gasteiger partial charge in [-0.15, -0.1) is 0 Å². The molecule has 13 heavy (non-hydrogen) atoms. The summed E-state index contributed by atoms with van der Waals surface area (Å²) in [5, 5.41) is 0. The normalized spacial score (nSPS) is 12.0.